The molecule has 0 amide bonds. The minimum atomic E-state index is 0.0132. The molecule has 0 bridgehead atoms. The third-order valence-electron chi connectivity index (χ3n) is 6.14. The van der Waals surface area contributed by atoms with Gasteiger partial charge in [0.05, 0.1) is 6.04 Å². The van der Waals surface area contributed by atoms with Gasteiger partial charge in [0.1, 0.15) is 5.82 Å². The number of hydrogen-bond acceptors (Lipinski definition) is 3. The number of rotatable bonds is 10. The third kappa shape index (κ3) is 5.73. The van der Waals surface area contributed by atoms with Crippen LogP contribution >= 0.6 is 0 Å². The topological polar surface area (TPSA) is 18.8 Å². The predicted octanol–water partition coefficient (Wildman–Crippen LogP) is 7.90. The number of allylic oxidation sites excluding steroid dienone is 2. The number of likely N-dealkylation sites (N-methyl/N-ethyl adjacent to an activating group) is 1. The molecule has 174 valence electrons. The van der Waals surface area contributed by atoms with E-state index in [4.69, 9.17) is 4.99 Å². The maximum absolute atomic E-state index is 4.70. The zero-order valence-corrected chi connectivity index (χ0v) is 21.4. The van der Waals surface area contributed by atoms with E-state index < -0.39 is 0 Å². The molecule has 0 aliphatic heterocycles. The maximum Gasteiger partial charge on any atom is 0.131 e. The minimum Gasteiger partial charge on any atom is -0.351 e. The molecule has 3 nitrogen and oxygen atoms in total. The summed E-state index contributed by atoms with van der Waals surface area (Å²) in [6.45, 7) is 25.8. The van der Waals surface area contributed by atoms with Crippen LogP contribution in [-0.4, -0.2) is 24.2 Å². The van der Waals surface area contributed by atoms with Crippen LogP contribution in [0.3, 0.4) is 0 Å². The van der Waals surface area contributed by atoms with E-state index >= 15 is 0 Å². The maximum atomic E-state index is 4.70. The molecule has 0 radical (unpaired) electrons. The molecule has 0 fully saturated rings. The van der Waals surface area contributed by atoms with Crippen LogP contribution in [-0.2, 0) is 0 Å². The molecule has 2 aromatic rings. The number of nitrogens with zero attached hydrogens (tertiary/aromatic N) is 3. The number of benzene rings is 2. The van der Waals surface area contributed by atoms with E-state index in [1.54, 1.807) is 0 Å². The van der Waals surface area contributed by atoms with Gasteiger partial charge in [-0.2, -0.15) is 0 Å². The van der Waals surface area contributed by atoms with E-state index in [2.05, 4.69) is 107 Å². The minimum absolute atomic E-state index is 0.0132. The first-order valence-corrected chi connectivity index (χ1v) is 11.5. The summed E-state index contributed by atoms with van der Waals surface area (Å²) >= 11 is 0. The number of para-hydroxylation sites is 1. The fraction of sp³-hybridized carbons (Fsp3) is 0.300. The van der Waals surface area contributed by atoms with E-state index in [1.165, 1.54) is 11.1 Å². The van der Waals surface area contributed by atoms with E-state index in [-0.39, 0.29) is 6.04 Å². The van der Waals surface area contributed by atoms with Gasteiger partial charge in [-0.15, -0.1) is 0 Å². The van der Waals surface area contributed by atoms with Crippen LogP contribution in [0.1, 0.15) is 50.8 Å². The van der Waals surface area contributed by atoms with Gasteiger partial charge >= 0.3 is 0 Å². The van der Waals surface area contributed by atoms with Crippen molar-refractivity contribution in [2.24, 2.45) is 4.99 Å². The number of aryl methyl sites for hydroxylation is 2. The second-order valence-corrected chi connectivity index (χ2v) is 8.53. The average molecular weight is 442 g/mol. The molecule has 0 heterocycles. The monoisotopic (exact) mass is 441 g/mol. The van der Waals surface area contributed by atoms with Gasteiger partial charge in [0.15, 0.2) is 0 Å². The SMILES string of the molecule is C=C(C)/C(C)=C(\N=C/C)N(C)C(CC)C(=C)N(C(=C)c1c(C)cccc1C)c1ccccc1. The van der Waals surface area contributed by atoms with Gasteiger partial charge in [-0.25, -0.2) is 4.99 Å². The average Bonchev–Trinajstić information content (AvgIpc) is 2.78. The van der Waals surface area contributed by atoms with Crippen LogP contribution in [0.2, 0.25) is 0 Å². The second kappa shape index (κ2) is 11.5. The number of hydrogen-bond donors (Lipinski definition) is 0. The first kappa shape index (κ1) is 25.9. The van der Waals surface area contributed by atoms with Crippen LogP contribution in [0.15, 0.2) is 95.9 Å². The summed E-state index contributed by atoms with van der Waals surface area (Å²) in [4.78, 5) is 9.10. The van der Waals surface area contributed by atoms with Crippen LogP contribution in [0.4, 0.5) is 5.69 Å². The molecule has 2 aromatic carbocycles. The molecule has 33 heavy (non-hydrogen) atoms. The van der Waals surface area contributed by atoms with E-state index in [1.807, 2.05) is 26.1 Å². The van der Waals surface area contributed by atoms with Crippen molar-refractivity contribution < 1.29 is 0 Å². The highest BCUT2D eigenvalue weighted by molar-refractivity contribution is 5.84. The summed E-state index contributed by atoms with van der Waals surface area (Å²) in [6, 6.07) is 16.7. The third-order valence-corrected chi connectivity index (χ3v) is 6.14. The number of anilines is 1. The van der Waals surface area contributed by atoms with Crippen LogP contribution in [0.5, 0.6) is 0 Å². The number of aliphatic imine (C=N–C) groups is 1. The van der Waals surface area contributed by atoms with Crippen molar-refractivity contribution in [2.75, 3.05) is 11.9 Å². The smallest absolute Gasteiger partial charge is 0.131 e. The highest BCUT2D eigenvalue weighted by Gasteiger charge is 2.27. The fourth-order valence-corrected chi connectivity index (χ4v) is 4.25. The van der Waals surface area contributed by atoms with Gasteiger partial charge in [0, 0.05) is 35.9 Å². The molecule has 3 heteroatoms. The molecule has 1 unspecified atom stereocenters. The zero-order chi connectivity index (χ0) is 24.7. The molecule has 2 rings (SSSR count). The van der Waals surface area contributed by atoms with E-state index in [0.29, 0.717) is 0 Å². The van der Waals surface area contributed by atoms with Crippen LogP contribution in [0.25, 0.3) is 5.70 Å². The summed E-state index contributed by atoms with van der Waals surface area (Å²) in [5.41, 5.74) is 8.55. The Balaban J connectivity index is 2.63. The first-order valence-electron chi connectivity index (χ1n) is 11.5. The molecule has 0 aliphatic carbocycles. The Morgan fingerprint density at radius 1 is 0.970 bits per heavy atom. The molecule has 0 aromatic heterocycles. The lowest BCUT2D eigenvalue weighted by atomic mass is 9.98. The van der Waals surface area contributed by atoms with Gasteiger partial charge in [-0.05, 0) is 69.9 Å². The summed E-state index contributed by atoms with van der Waals surface area (Å²) in [5.74, 6) is 0.906. The summed E-state index contributed by atoms with van der Waals surface area (Å²) in [6.07, 6.45) is 2.70. The predicted molar refractivity (Wildman–Crippen MR) is 147 cm³/mol. The van der Waals surface area contributed by atoms with Gasteiger partial charge in [0.25, 0.3) is 0 Å². The zero-order valence-electron chi connectivity index (χ0n) is 21.4. The Labute approximate surface area is 201 Å². The largest absolute Gasteiger partial charge is 0.351 e. The highest BCUT2D eigenvalue weighted by atomic mass is 15.3. The normalized spacial score (nSPS) is 12.8. The van der Waals surface area contributed by atoms with Crippen molar-refractivity contribution in [1.29, 1.82) is 0 Å². The molecule has 0 saturated heterocycles. The summed E-state index contributed by atoms with van der Waals surface area (Å²) < 4.78 is 0. The van der Waals surface area contributed by atoms with Crippen LogP contribution in [0, 0.1) is 13.8 Å². The second-order valence-electron chi connectivity index (χ2n) is 8.53. The Morgan fingerprint density at radius 3 is 2.03 bits per heavy atom. The fourth-order valence-electron chi connectivity index (χ4n) is 4.25. The van der Waals surface area contributed by atoms with Crippen molar-refractivity contribution >= 4 is 17.6 Å². The molecular weight excluding hydrogens is 402 g/mol. The summed E-state index contributed by atoms with van der Waals surface area (Å²) in [5, 5.41) is 0. The van der Waals surface area contributed by atoms with Crippen molar-refractivity contribution in [3.05, 3.63) is 108 Å². The lowest BCUT2D eigenvalue weighted by Crippen LogP contribution is -2.39. The quantitative estimate of drug-likeness (QED) is 0.275. The van der Waals surface area contributed by atoms with E-state index in [9.17, 15) is 0 Å². The van der Waals surface area contributed by atoms with Crippen molar-refractivity contribution in [2.45, 2.75) is 54.0 Å². The summed E-state index contributed by atoms with van der Waals surface area (Å²) in [7, 11) is 2.08. The Kier molecular flexibility index (Phi) is 9.04. The molecule has 0 spiro atoms. The standard InChI is InChI=1S/C30H39N3/c1-11-28(32(10)30(31-12-2)24(7)21(3)4)25(8)33(27-19-14-13-15-20-27)26(9)29-22(5)17-16-18-23(29)6/h12-20,28H,3,8-9,11H2,1-2,4-7,10H3/b30-24+,31-12-. The lowest BCUT2D eigenvalue weighted by molar-refractivity contribution is 0.324. The van der Waals surface area contributed by atoms with E-state index in [0.717, 1.165) is 46.0 Å². The first-order chi connectivity index (χ1) is 15.6. The van der Waals surface area contributed by atoms with Gasteiger partial charge in [-0.1, -0.05) is 68.6 Å². The van der Waals surface area contributed by atoms with Crippen molar-refractivity contribution in [3.63, 3.8) is 0 Å². The molecule has 0 saturated carbocycles. The molecular formula is C30H39N3. The Morgan fingerprint density at radius 2 is 1.55 bits per heavy atom. The van der Waals surface area contributed by atoms with Crippen molar-refractivity contribution in [3.8, 4) is 0 Å². The van der Waals surface area contributed by atoms with Gasteiger partial charge < -0.3 is 9.80 Å². The molecule has 0 aliphatic rings. The lowest BCUT2D eigenvalue weighted by Gasteiger charge is -2.39. The Hall–Kier alpha value is -3.33. The van der Waals surface area contributed by atoms with Crippen LogP contribution < -0.4 is 4.90 Å². The van der Waals surface area contributed by atoms with Gasteiger partial charge in [0.2, 0.25) is 0 Å². The highest BCUT2D eigenvalue weighted by Crippen LogP contribution is 2.35. The molecule has 0 N–H and O–H groups in total. The van der Waals surface area contributed by atoms with Crippen molar-refractivity contribution in [1.82, 2.24) is 4.90 Å². The van der Waals surface area contributed by atoms with Gasteiger partial charge in [-0.3, -0.25) is 0 Å². The molecule has 1 atom stereocenters. The Bertz CT molecular complexity index is 1050.